The summed E-state index contributed by atoms with van der Waals surface area (Å²) in [6.07, 6.45) is 3.59. The fourth-order valence-electron chi connectivity index (χ4n) is 1.78. The van der Waals surface area contributed by atoms with Gasteiger partial charge in [-0.15, -0.1) is 0 Å². The smallest absolute Gasteiger partial charge is 0.229 e. The van der Waals surface area contributed by atoms with E-state index in [9.17, 15) is 0 Å². The molecule has 0 radical (unpaired) electrons. The minimum absolute atomic E-state index is 0.172. The molecule has 0 saturated heterocycles. The Bertz CT molecular complexity index is 736. The Morgan fingerprint density at radius 2 is 2.00 bits per heavy atom. The van der Waals surface area contributed by atoms with E-state index in [4.69, 9.17) is 11.6 Å². The van der Waals surface area contributed by atoms with Crippen LogP contribution in [0.1, 0.15) is 0 Å². The summed E-state index contributed by atoms with van der Waals surface area (Å²) in [5.74, 6) is 1.04. The summed E-state index contributed by atoms with van der Waals surface area (Å²) >= 11 is 5.96. The number of rotatable bonds is 2. The zero-order valence-corrected chi connectivity index (χ0v) is 11.2. The molecule has 0 amide bonds. The molecule has 3 rings (SSSR count). The predicted octanol–water partition coefficient (Wildman–Crippen LogP) is 1.91. The highest BCUT2D eigenvalue weighted by Gasteiger charge is 2.11. The maximum Gasteiger partial charge on any atom is 0.229 e. The van der Waals surface area contributed by atoms with Gasteiger partial charge in [-0.05, 0) is 23.7 Å². The van der Waals surface area contributed by atoms with Crippen LogP contribution in [0.25, 0.3) is 17.2 Å². The second kappa shape index (κ2) is 4.47. The Kier molecular flexibility index (Phi) is 2.79. The van der Waals surface area contributed by atoms with Gasteiger partial charge in [0.1, 0.15) is 5.65 Å². The van der Waals surface area contributed by atoms with Crippen LogP contribution < -0.4 is 4.90 Å². The average molecular weight is 275 g/mol. The van der Waals surface area contributed by atoms with Crippen LogP contribution in [0.4, 0.5) is 5.95 Å². The van der Waals surface area contributed by atoms with Gasteiger partial charge in [-0.25, -0.2) is 4.98 Å². The zero-order chi connectivity index (χ0) is 13.4. The van der Waals surface area contributed by atoms with Gasteiger partial charge in [-0.1, -0.05) is 6.07 Å². The highest BCUT2D eigenvalue weighted by Crippen LogP contribution is 2.19. The van der Waals surface area contributed by atoms with Crippen LogP contribution in [0, 0.1) is 0 Å². The van der Waals surface area contributed by atoms with Gasteiger partial charge in [0, 0.05) is 26.5 Å². The number of anilines is 1. The van der Waals surface area contributed by atoms with Crippen molar-refractivity contribution in [2.75, 3.05) is 19.0 Å². The quantitative estimate of drug-likeness (QED) is 0.714. The number of fused-ring (bicyclic) bond motifs is 1. The first kappa shape index (κ1) is 11.9. The first-order chi connectivity index (χ1) is 9.15. The van der Waals surface area contributed by atoms with E-state index in [1.165, 1.54) is 0 Å². The van der Waals surface area contributed by atoms with E-state index < -0.39 is 0 Å². The molecule has 0 bridgehead atoms. The molecule has 3 heterocycles. The molecule has 0 unspecified atom stereocenters. The van der Waals surface area contributed by atoms with Crippen molar-refractivity contribution in [3.05, 3.63) is 35.9 Å². The van der Waals surface area contributed by atoms with E-state index >= 15 is 0 Å². The van der Waals surface area contributed by atoms with Crippen LogP contribution in [0.5, 0.6) is 0 Å². The van der Waals surface area contributed by atoms with Gasteiger partial charge in [0.15, 0.2) is 5.82 Å². The van der Waals surface area contributed by atoms with Gasteiger partial charge in [0.25, 0.3) is 0 Å². The minimum Gasteiger partial charge on any atom is -0.347 e. The second-order valence-electron chi connectivity index (χ2n) is 4.19. The van der Waals surface area contributed by atoms with Crippen LogP contribution in [0.3, 0.4) is 0 Å². The van der Waals surface area contributed by atoms with Gasteiger partial charge in [-0.2, -0.15) is 15.0 Å². The molecule has 96 valence electrons. The van der Waals surface area contributed by atoms with E-state index in [1.54, 1.807) is 11.1 Å². The number of hydrogen-bond acceptors (Lipinski definition) is 5. The lowest BCUT2D eigenvalue weighted by Crippen LogP contribution is -2.14. The fourth-order valence-corrected chi connectivity index (χ4v) is 1.94. The molecule has 3 aromatic heterocycles. The number of aromatic nitrogens is 5. The van der Waals surface area contributed by atoms with Crippen molar-refractivity contribution in [1.82, 2.24) is 24.3 Å². The van der Waals surface area contributed by atoms with Crippen LogP contribution in [0.2, 0.25) is 5.28 Å². The van der Waals surface area contributed by atoms with E-state index in [0.29, 0.717) is 11.8 Å². The number of hydrogen-bond donors (Lipinski definition) is 0. The fraction of sp³-hybridized carbons (Fsp3) is 0.167. The number of nitrogens with zero attached hydrogens (tertiary/aromatic N) is 6. The Balaban J connectivity index is 2.24. The molecule has 0 aromatic carbocycles. The molecule has 0 aliphatic rings. The lowest BCUT2D eigenvalue weighted by Gasteiger charge is -2.11. The molecule has 3 aromatic rings. The molecule has 0 aliphatic carbocycles. The minimum atomic E-state index is 0.172. The third kappa shape index (κ3) is 2.10. The molecule has 0 N–H and O–H groups in total. The number of halogens is 1. The molecule has 0 aliphatic heterocycles. The summed E-state index contributed by atoms with van der Waals surface area (Å²) in [5, 5.41) is 0.172. The second-order valence-corrected chi connectivity index (χ2v) is 4.53. The van der Waals surface area contributed by atoms with Crippen molar-refractivity contribution in [2.24, 2.45) is 0 Å². The summed E-state index contributed by atoms with van der Waals surface area (Å²) in [7, 11) is 3.71. The molecule has 7 heteroatoms. The normalized spacial score (nSPS) is 10.9. The summed E-state index contributed by atoms with van der Waals surface area (Å²) in [4.78, 5) is 18.7. The predicted molar refractivity (Wildman–Crippen MR) is 73.4 cm³/mol. The Hall–Kier alpha value is -2.21. The number of pyridine rings is 1. The first-order valence-electron chi connectivity index (χ1n) is 5.66. The third-order valence-corrected chi connectivity index (χ3v) is 2.82. The SMILES string of the molecule is CN(C)c1nc(Cl)nc(-c2cccc3nccn23)n1. The van der Waals surface area contributed by atoms with Crippen molar-refractivity contribution >= 4 is 23.2 Å². The highest BCUT2D eigenvalue weighted by molar-refractivity contribution is 6.28. The van der Waals surface area contributed by atoms with Gasteiger partial charge in [0.2, 0.25) is 11.2 Å². The lowest BCUT2D eigenvalue weighted by atomic mass is 10.3. The van der Waals surface area contributed by atoms with E-state index in [1.807, 2.05) is 42.9 Å². The lowest BCUT2D eigenvalue weighted by molar-refractivity contribution is 0.952. The first-order valence-corrected chi connectivity index (χ1v) is 6.04. The molecule has 6 nitrogen and oxygen atoms in total. The zero-order valence-electron chi connectivity index (χ0n) is 10.4. The molecule has 19 heavy (non-hydrogen) atoms. The van der Waals surface area contributed by atoms with E-state index in [0.717, 1.165) is 11.3 Å². The van der Waals surface area contributed by atoms with Crippen LogP contribution in [-0.4, -0.2) is 38.4 Å². The number of imidazole rings is 1. The van der Waals surface area contributed by atoms with Crippen LogP contribution >= 0.6 is 11.6 Å². The Morgan fingerprint density at radius 3 is 2.79 bits per heavy atom. The Labute approximate surface area is 114 Å². The van der Waals surface area contributed by atoms with Crippen molar-refractivity contribution in [3.63, 3.8) is 0 Å². The summed E-state index contributed by atoms with van der Waals surface area (Å²) in [5.41, 5.74) is 1.66. The van der Waals surface area contributed by atoms with Gasteiger partial charge in [0.05, 0.1) is 5.69 Å². The van der Waals surface area contributed by atoms with Gasteiger partial charge in [-0.3, -0.25) is 4.40 Å². The molecule has 0 atom stereocenters. The summed E-state index contributed by atoms with van der Waals surface area (Å²) in [6, 6.07) is 5.74. The maximum atomic E-state index is 5.96. The summed E-state index contributed by atoms with van der Waals surface area (Å²) in [6.45, 7) is 0. The standard InChI is InChI=1S/C12H11ClN6/c1-18(2)12-16-10(15-11(13)17-12)8-4-3-5-9-14-6-7-19(8)9/h3-7H,1-2H3. The van der Waals surface area contributed by atoms with Gasteiger partial charge < -0.3 is 4.90 Å². The van der Waals surface area contributed by atoms with Crippen molar-refractivity contribution in [2.45, 2.75) is 0 Å². The van der Waals surface area contributed by atoms with Crippen molar-refractivity contribution in [3.8, 4) is 11.5 Å². The molecular weight excluding hydrogens is 264 g/mol. The topological polar surface area (TPSA) is 59.2 Å². The highest BCUT2D eigenvalue weighted by atomic mass is 35.5. The third-order valence-electron chi connectivity index (χ3n) is 2.65. The molecule has 0 saturated carbocycles. The molecule has 0 fully saturated rings. The monoisotopic (exact) mass is 274 g/mol. The van der Waals surface area contributed by atoms with Crippen molar-refractivity contribution < 1.29 is 0 Å². The average Bonchev–Trinajstić information content (AvgIpc) is 2.85. The molecule has 0 spiro atoms. The van der Waals surface area contributed by atoms with Crippen LogP contribution in [0.15, 0.2) is 30.6 Å². The van der Waals surface area contributed by atoms with E-state index in [2.05, 4.69) is 19.9 Å². The van der Waals surface area contributed by atoms with E-state index in [-0.39, 0.29) is 5.28 Å². The molecular formula is C12H11ClN6. The largest absolute Gasteiger partial charge is 0.347 e. The van der Waals surface area contributed by atoms with Crippen molar-refractivity contribution in [1.29, 1.82) is 0 Å². The van der Waals surface area contributed by atoms with Crippen LogP contribution in [-0.2, 0) is 0 Å². The summed E-state index contributed by atoms with van der Waals surface area (Å²) < 4.78 is 1.91. The van der Waals surface area contributed by atoms with Gasteiger partial charge >= 0.3 is 0 Å². The Morgan fingerprint density at radius 1 is 1.16 bits per heavy atom. The maximum absolute atomic E-state index is 5.96.